The molecule has 0 spiro atoms. The molecule has 0 radical (unpaired) electrons. The number of aromatic nitrogens is 1. The number of hydrogen-bond donors (Lipinski definition) is 1. The molecule has 1 aliphatic rings. The van der Waals surface area contributed by atoms with Gasteiger partial charge in [0.1, 0.15) is 6.61 Å². The van der Waals surface area contributed by atoms with E-state index in [1.54, 1.807) is 18.9 Å². The van der Waals surface area contributed by atoms with E-state index < -0.39 is 0 Å². The molecule has 3 rings (SSSR count). The highest BCUT2D eigenvalue weighted by Gasteiger charge is 2.23. The van der Waals surface area contributed by atoms with Gasteiger partial charge in [0.15, 0.2) is 10.8 Å². The normalized spacial score (nSPS) is 14.0. The van der Waals surface area contributed by atoms with Crippen LogP contribution in [-0.2, 0) is 14.4 Å². The van der Waals surface area contributed by atoms with Crippen molar-refractivity contribution in [2.45, 2.75) is 40.0 Å². The molecular formula is C23H32N4O3S3. The second-order valence-corrected chi connectivity index (χ2v) is 11.7. The van der Waals surface area contributed by atoms with Crippen LogP contribution in [0.4, 0.5) is 5.13 Å². The Labute approximate surface area is 208 Å². The highest BCUT2D eigenvalue weighted by molar-refractivity contribution is 8.01. The first kappa shape index (κ1) is 26.0. The third kappa shape index (κ3) is 9.66. The topological polar surface area (TPSA) is 76.0 Å². The number of hydrogen-bond acceptors (Lipinski definition) is 9. The van der Waals surface area contributed by atoms with Crippen LogP contribution in [0.5, 0.6) is 0 Å². The average Bonchev–Trinajstić information content (AvgIpc) is 3.50. The van der Waals surface area contributed by atoms with E-state index in [1.807, 2.05) is 42.2 Å². The first-order chi connectivity index (χ1) is 16.0. The SMILES string of the molecule is COCCCO/N=C(/C(=O)Nc1ncc(SCCCN(C)C)s1)c1ccc(SC2CC2)cc1. The summed E-state index contributed by atoms with van der Waals surface area (Å²) in [5.74, 6) is 0.684. The van der Waals surface area contributed by atoms with Gasteiger partial charge in [0.05, 0.1) is 10.4 Å². The minimum absolute atomic E-state index is 0.241. The molecule has 0 atom stereocenters. The van der Waals surface area contributed by atoms with Crippen molar-refractivity contribution in [1.29, 1.82) is 0 Å². The van der Waals surface area contributed by atoms with Crippen molar-refractivity contribution >= 4 is 51.6 Å². The second-order valence-electron chi connectivity index (χ2n) is 7.90. The number of carbonyl (C=O) groups is 1. The molecule has 1 heterocycles. The molecule has 7 nitrogen and oxygen atoms in total. The summed E-state index contributed by atoms with van der Waals surface area (Å²) in [5, 5.41) is 8.33. The van der Waals surface area contributed by atoms with Gasteiger partial charge in [0, 0.05) is 41.6 Å². The number of nitrogens with one attached hydrogen (secondary N) is 1. The molecule has 2 aromatic rings. The molecule has 1 amide bonds. The minimum atomic E-state index is -0.331. The molecule has 10 heteroatoms. The third-order valence-corrected chi connectivity index (χ3v) is 8.15. The van der Waals surface area contributed by atoms with Crippen LogP contribution in [0, 0.1) is 0 Å². The number of oxime groups is 1. The highest BCUT2D eigenvalue weighted by Crippen LogP contribution is 2.39. The number of ether oxygens (including phenoxy) is 1. The van der Waals surface area contributed by atoms with E-state index in [-0.39, 0.29) is 11.6 Å². The maximum Gasteiger partial charge on any atom is 0.280 e. The van der Waals surface area contributed by atoms with Gasteiger partial charge in [-0.1, -0.05) is 28.6 Å². The summed E-state index contributed by atoms with van der Waals surface area (Å²) in [5.41, 5.74) is 0.958. The van der Waals surface area contributed by atoms with E-state index in [0.29, 0.717) is 30.3 Å². The Morgan fingerprint density at radius 1 is 1.24 bits per heavy atom. The van der Waals surface area contributed by atoms with Gasteiger partial charge in [-0.15, -0.1) is 23.5 Å². The number of amides is 1. The van der Waals surface area contributed by atoms with Gasteiger partial charge in [-0.05, 0) is 52.0 Å². The molecule has 0 aliphatic heterocycles. The van der Waals surface area contributed by atoms with Crippen molar-refractivity contribution in [3.05, 3.63) is 36.0 Å². The standard InChI is InChI=1S/C23H32N4O3S3/c1-27(2)12-4-15-31-20-16-24-23(33-20)25-22(28)21(26-30-14-5-13-29-3)17-6-8-18(9-7-17)32-19-10-11-19/h6-9,16,19H,4-5,10-15H2,1-3H3,(H,24,25,28)/b26-21+. The Hall–Kier alpha value is -1.59. The van der Waals surface area contributed by atoms with Crippen LogP contribution in [0.15, 0.2) is 44.7 Å². The van der Waals surface area contributed by atoms with E-state index in [4.69, 9.17) is 9.57 Å². The summed E-state index contributed by atoms with van der Waals surface area (Å²) < 4.78 is 6.12. The molecule has 180 valence electrons. The first-order valence-corrected chi connectivity index (χ1v) is 13.7. The molecule has 0 saturated heterocycles. The number of thioether (sulfide) groups is 2. The fraction of sp³-hybridized carbons (Fsp3) is 0.522. The van der Waals surface area contributed by atoms with Crippen LogP contribution in [-0.4, -0.2) is 73.5 Å². The highest BCUT2D eigenvalue weighted by atomic mass is 32.2. The predicted octanol–water partition coefficient (Wildman–Crippen LogP) is 4.84. The summed E-state index contributed by atoms with van der Waals surface area (Å²) in [7, 11) is 5.79. The van der Waals surface area contributed by atoms with E-state index in [0.717, 1.165) is 28.2 Å². The van der Waals surface area contributed by atoms with Gasteiger partial charge in [0.2, 0.25) is 0 Å². The zero-order chi connectivity index (χ0) is 23.5. The summed E-state index contributed by atoms with van der Waals surface area (Å²) in [6.07, 6.45) is 6.17. The molecule has 1 aromatic carbocycles. The predicted molar refractivity (Wildman–Crippen MR) is 139 cm³/mol. The third-order valence-electron chi connectivity index (χ3n) is 4.61. The molecule has 1 saturated carbocycles. The summed E-state index contributed by atoms with van der Waals surface area (Å²) in [4.78, 5) is 26.2. The Kier molecular flexibility index (Phi) is 11.0. The number of carbonyl (C=O) groups excluding carboxylic acids is 1. The Morgan fingerprint density at radius 3 is 2.73 bits per heavy atom. The van der Waals surface area contributed by atoms with Gasteiger partial charge < -0.3 is 14.5 Å². The molecule has 33 heavy (non-hydrogen) atoms. The van der Waals surface area contributed by atoms with E-state index in [9.17, 15) is 4.79 Å². The summed E-state index contributed by atoms with van der Waals surface area (Å²) >= 11 is 5.11. The van der Waals surface area contributed by atoms with Crippen molar-refractivity contribution in [2.75, 3.05) is 52.0 Å². The zero-order valence-electron chi connectivity index (χ0n) is 19.4. The number of nitrogens with zero attached hydrogens (tertiary/aromatic N) is 3. The fourth-order valence-corrected chi connectivity index (χ4v) is 5.69. The molecule has 0 bridgehead atoms. The Bertz CT molecular complexity index is 899. The number of benzene rings is 1. The lowest BCUT2D eigenvalue weighted by atomic mass is 10.1. The molecular weight excluding hydrogens is 476 g/mol. The molecule has 1 aromatic heterocycles. The number of anilines is 1. The van der Waals surface area contributed by atoms with Gasteiger partial charge in [0.25, 0.3) is 5.91 Å². The maximum atomic E-state index is 13.1. The van der Waals surface area contributed by atoms with Gasteiger partial charge in [-0.25, -0.2) is 4.98 Å². The second kappa shape index (κ2) is 14.0. The first-order valence-electron chi connectivity index (χ1n) is 11.1. The fourth-order valence-electron chi connectivity index (χ4n) is 2.77. The van der Waals surface area contributed by atoms with Crippen molar-refractivity contribution in [2.24, 2.45) is 5.16 Å². The van der Waals surface area contributed by atoms with Crippen LogP contribution in [0.3, 0.4) is 0 Å². The zero-order valence-corrected chi connectivity index (χ0v) is 21.9. The van der Waals surface area contributed by atoms with Crippen molar-refractivity contribution in [1.82, 2.24) is 9.88 Å². The Balaban J connectivity index is 1.61. The molecule has 1 aliphatic carbocycles. The quantitative estimate of drug-likeness (QED) is 0.160. The maximum absolute atomic E-state index is 13.1. The number of methoxy groups -OCH3 is 1. The monoisotopic (exact) mass is 508 g/mol. The van der Waals surface area contributed by atoms with Crippen molar-refractivity contribution < 1.29 is 14.4 Å². The Morgan fingerprint density at radius 2 is 2.03 bits per heavy atom. The molecule has 1 N–H and O–H groups in total. The molecule has 1 fully saturated rings. The van der Waals surface area contributed by atoms with Crippen molar-refractivity contribution in [3.63, 3.8) is 0 Å². The van der Waals surface area contributed by atoms with E-state index in [2.05, 4.69) is 34.5 Å². The van der Waals surface area contributed by atoms with Crippen LogP contribution in [0.1, 0.15) is 31.2 Å². The average molecular weight is 509 g/mol. The van der Waals surface area contributed by atoms with Crippen LogP contribution in [0.2, 0.25) is 0 Å². The van der Waals surface area contributed by atoms with Crippen LogP contribution in [0.25, 0.3) is 0 Å². The van der Waals surface area contributed by atoms with Crippen LogP contribution < -0.4 is 5.32 Å². The van der Waals surface area contributed by atoms with Crippen LogP contribution >= 0.6 is 34.9 Å². The van der Waals surface area contributed by atoms with Crippen molar-refractivity contribution in [3.8, 4) is 0 Å². The van der Waals surface area contributed by atoms with Gasteiger partial charge in [-0.3, -0.25) is 10.1 Å². The molecule has 0 unspecified atom stereocenters. The lowest BCUT2D eigenvalue weighted by molar-refractivity contribution is -0.110. The smallest absolute Gasteiger partial charge is 0.280 e. The van der Waals surface area contributed by atoms with Gasteiger partial charge >= 0.3 is 0 Å². The minimum Gasteiger partial charge on any atom is -0.395 e. The van der Waals surface area contributed by atoms with E-state index >= 15 is 0 Å². The van der Waals surface area contributed by atoms with E-state index in [1.165, 1.54) is 29.1 Å². The van der Waals surface area contributed by atoms with Gasteiger partial charge in [-0.2, -0.15) is 0 Å². The summed E-state index contributed by atoms with van der Waals surface area (Å²) in [6.45, 7) is 2.01. The lowest BCUT2D eigenvalue weighted by Crippen LogP contribution is -2.24. The number of thiazole rings is 1. The number of rotatable bonds is 15. The largest absolute Gasteiger partial charge is 0.395 e. The summed E-state index contributed by atoms with van der Waals surface area (Å²) in [6, 6.07) is 7.93. The lowest BCUT2D eigenvalue weighted by Gasteiger charge is -2.08.